The number of nitrogens with one attached hydrogen (secondary N) is 1. The van der Waals surface area contributed by atoms with Crippen LogP contribution in [0.2, 0.25) is 0 Å². The largest absolute Gasteiger partial charge is 0.494 e. The van der Waals surface area contributed by atoms with E-state index in [9.17, 15) is 9.59 Å². The monoisotopic (exact) mass is 369 g/mol. The Morgan fingerprint density at radius 2 is 1.85 bits per heavy atom. The molecule has 27 heavy (non-hydrogen) atoms. The maximum Gasteiger partial charge on any atom is 0.494 e. The summed E-state index contributed by atoms with van der Waals surface area (Å²) in [5.74, 6) is -0.543. The highest BCUT2D eigenvalue weighted by atomic mass is 16.7. The van der Waals surface area contributed by atoms with Crippen LogP contribution in [0.4, 0.5) is 0 Å². The van der Waals surface area contributed by atoms with Crippen molar-refractivity contribution in [2.45, 2.75) is 64.7 Å². The van der Waals surface area contributed by atoms with Crippen LogP contribution >= 0.6 is 0 Å². The second kappa shape index (κ2) is 5.91. The molecule has 4 rings (SSSR count). The van der Waals surface area contributed by atoms with Crippen molar-refractivity contribution in [2.75, 3.05) is 0 Å². The van der Waals surface area contributed by atoms with E-state index in [1.807, 2.05) is 52.8 Å². The number of hydrogen-bond acceptors (Lipinski definition) is 5. The molecule has 2 aliphatic rings. The van der Waals surface area contributed by atoms with Gasteiger partial charge in [0.1, 0.15) is 6.04 Å². The van der Waals surface area contributed by atoms with Gasteiger partial charge >= 0.3 is 7.12 Å². The van der Waals surface area contributed by atoms with Gasteiger partial charge in [-0.05, 0) is 52.6 Å². The van der Waals surface area contributed by atoms with Gasteiger partial charge < -0.3 is 9.31 Å². The number of benzene rings is 1. The molecule has 1 N–H and O–H groups in total. The van der Waals surface area contributed by atoms with Crippen molar-refractivity contribution < 1.29 is 18.9 Å². The summed E-state index contributed by atoms with van der Waals surface area (Å²) in [6.07, 6.45) is 0.759. The molecule has 0 radical (unpaired) electrons. The zero-order valence-corrected chi connectivity index (χ0v) is 16.3. The average molecular weight is 369 g/mol. The fourth-order valence-corrected chi connectivity index (χ4v) is 3.59. The molecule has 2 fully saturated rings. The summed E-state index contributed by atoms with van der Waals surface area (Å²) >= 11 is 0. The molecule has 8 heteroatoms. The molecule has 0 aliphatic carbocycles. The number of piperidine rings is 1. The fraction of sp³-hybridized carbons (Fsp3) is 0.526. The normalized spacial score (nSPS) is 24.5. The number of nitrogens with zero attached hydrogens (tertiary/aromatic N) is 2. The van der Waals surface area contributed by atoms with Crippen molar-refractivity contribution in [2.24, 2.45) is 0 Å². The standard InChI is InChI=1S/C19H24BN3O4/c1-11-13-7-6-12(20-26-18(2,3)19(4,5)27-20)10-15(13)23(22-11)14-8-9-16(24)21-17(14)25/h6-7,10,14H,8-9H2,1-5H3,(H,21,24,25). The first kappa shape index (κ1) is 18.2. The van der Waals surface area contributed by atoms with Gasteiger partial charge in [0, 0.05) is 11.8 Å². The van der Waals surface area contributed by atoms with E-state index in [-0.39, 0.29) is 11.8 Å². The maximum absolute atomic E-state index is 12.3. The Morgan fingerprint density at radius 1 is 1.19 bits per heavy atom. The van der Waals surface area contributed by atoms with Gasteiger partial charge in [-0.2, -0.15) is 5.10 Å². The van der Waals surface area contributed by atoms with Crippen LogP contribution in [0, 0.1) is 6.92 Å². The van der Waals surface area contributed by atoms with E-state index < -0.39 is 24.4 Å². The molecule has 2 amide bonds. The maximum atomic E-state index is 12.3. The van der Waals surface area contributed by atoms with Crippen molar-refractivity contribution in [3.8, 4) is 0 Å². The highest BCUT2D eigenvalue weighted by molar-refractivity contribution is 6.62. The van der Waals surface area contributed by atoms with Crippen LogP contribution in [-0.2, 0) is 18.9 Å². The lowest BCUT2D eigenvalue weighted by molar-refractivity contribution is -0.135. The topological polar surface area (TPSA) is 82.5 Å². The van der Waals surface area contributed by atoms with E-state index in [1.54, 1.807) is 4.68 Å². The highest BCUT2D eigenvalue weighted by Gasteiger charge is 2.51. The Labute approximate surface area is 158 Å². The van der Waals surface area contributed by atoms with Crippen LogP contribution < -0.4 is 10.8 Å². The summed E-state index contributed by atoms with van der Waals surface area (Å²) in [5.41, 5.74) is 1.72. The molecule has 2 aromatic rings. The molecule has 0 spiro atoms. The lowest BCUT2D eigenvalue weighted by atomic mass is 9.78. The summed E-state index contributed by atoms with van der Waals surface area (Å²) in [4.78, 5) is 23.8. The quantitative estimate of drug-likeness (QED) is 0.643. The van der Waals surface area contributed by atoms with Crippen LogP contribution in [0.15, 0.2) is 18.2 Å². The number of imide groups is 1. The number of hydrogen-bond donors (Lipinski definition) is 1. The minimum absolute atomic E-state index is 0.234. The molecular formula is C19H24BN3O4. The minimum atomic E-state index is -0.493. The molecule has 3 heterocycles. The number of fused-ring (bicyclic) bond motifs is 1. The van der Waals surface area contributed by atoms with Gasteiger partial charge in [0.2, 0.25) is 5.91 Å². The first-order chi connectivity index (χ1) is 12.6. The van der Waals surface area contributed by atoms with Crippen molar-refractivity contribution in [1.82, 2.24) is 15.1 Å². The fourth-order valence-electron chi connectivity index (χ4n) is 3.59. The van der Waals surface area contributed by atoms with Gasteiger partial charge in [-0.3, -0.25) is 19.6 Å². The predicted molar refractivity (Wildman–Crippen MR) is 102 cm³/mol. The number of aryl methyl sites for hydroxylation is 1. The Kier molecular flexibility index (Phi) is 3.98. The lowest BCUT2D eigenvalue weighted by Crippen LogP contribution is -2.42. The second-order valence-electron chi connectivity index (χ2n) is 8.36. The van der Waals surface area contributed by atoms with Crippen LogP contribution in [-0.4, -0.2) is 39.9 Å². The Balaban J connectivity index is 1.74. The molecule has 1 atom stereocenters. The second-order valence-corrected chi connectivity index (χ2v) is 8.36. The summed E-state index contributed by atoms with van der Waals surface area (Å²) in [6, 6.07) is 5.45. The van der Waals surface area contributed by atoms with Gasteiger partial charge in [-0.1, -0.05) is 12.1 Å². The van der Waals surface area contributed by atoms with E-state index >= 15 is 0 Å². The van der Waals surface area contributed by atoms with E-state index in [4.69, 9.17) is 9.31 Å². The van der Waals surface area contributed by atoms with Gasteiger partial charge in [-0.15, -0.1) is 0 Å². The summed E-state index contributed by atoms with van der Waals surface area (Å²) in [6.45, 7) is 9.98. The first-order valence-electron chi connectivity index (χ1n) is 9.27. The number of aromatic nitrogens is 2. The van der Waals surface area contributed by atoms with E-state index in [1.165, 1.54) is 0 Å². The van der Waals surface area contributed by atoms with E-state index in [0.717, 1.165) is 22.1 Å². The van der Waals surface area contributed by atoms with Gasteiger partial charge in [0.15, 0.2) is 0 Å². The number of carbonyl (C=O) groups is 2. The molecule has 0 saturated carbocycles. The van der Waals surface area contributed by atoms with Gasteiger partial charge in [-0.25, -0.2) is 0 Å². The molecule has 1 aromatic heterocycles. The Bertz CT molecular complexity index is 934. The summed E-state index contributed by atoms with van der Waals surface area (Å²) < 4.78 is 14.0. The highest BCUT2D eigenvalue weighted by Crippen LogP contribution is 2.36. The van der Waals surface area contributed by atoms with Crippen LogP contribution in [0.25, 0.3) is 10.9 Å². The zero-order chi connectivity index (χ0) is 19.6. The third-order valence-electron chi connectivity index (χ3n) is 5.95. The number of carbonyl (C=O) groups excluding carboxylic acids is 2. The van der Waals surface area contributed by atoms with Crippen molar-refractivity contribution >= 4 is 35.3 Å². The number of rotatable bonds is 2. The molecule has 2 saturated heterocycles. The molecule has 142 valence electrons. The smallest absolute Gasteiger partial charge is 0.399 e. The third-order valence-corrected chi connectivity index (χ3v) is 5.95. The van der Waals surface area contributed by atoms with Gasteiger partial charge in [0.05, 0.1) is 22.4 Å². The zero-order valence-electron chi connectivity index (χ0n) is 16.3. The van der Waals surface area contributed by atoms with E-state index in [0.29, 0.717) is 12.8 Å². The van der Waals surface area contributed by atoms with E-state index in [2.05, 4.69) is 10.4 Å². The molecule has 7 nitrogen and oxygen atoms in total. The molecule has 1 unspecified atom stereocenters. The van der Waals surface area contributed by atoms with Crippen LogP contribution in [0.1, 0.15) is 52.3 Å². The van der Waals surface area contributed by atoms with Crippen molar-refractivity contribution in [3.05, 3.63) is 23.9 Å². The van der Waals surface area contributed by atoms with Crippen molar-refractivity contribution in [1.29, 1.82) is 0 Å². The third kappa shape index (κ3) is 2.87. The Morgan fingerprint density at radius 3 is 2.48 bits per heavy atom. The van der Waals surface area contributed by atoms with Crippen LogP contribution in [0.5, 0.6) is 0 Å². The first-order valence-corrected chi connectivity index (χ1v) is 9.27. The molecular weight excluding hydrogens is 345 g/mol. The molecule has 2 aliphatic heterocycles. The van der Waals surface area contributed by atoms with Crippen LogP contribution in [0.3, 0.4) is 0 Å². The molecule has 1 aromatic carbocycles. The Hall–Kier alpha value is -2.19. The predicted octanol–water partition coefficient (Wildman–Crippen LogP) is 1.62. The SMILES string of the molecule is Cc1nn(C2CCC(=O)NC2=O)c2cc(B3OC(C)(C)C(C)(C)O3)ccc12. The summed E-state index contributed by atoms with van der Waals surface area (Å²) in [7, 11) is -0.482. The number of amides is 2. The lowest BCUT2D eigenvalue weighted by Gasteiger charge is -2.32. The minimum Gasteiger partial charge on any atom is -0.399 e. The molecule has 0 bridgehead atoms. The van der Waals surface area contributed by atoms with Crippen molar-refractivity contribution in [3.63, 3.8) is 0 Å². The average Bonchev–Trinajstić information content (AvgIpc) is 3.01. The summed E-state index contributed by atoms with van der Waals surface area (Å²) in [5, 5.41) is 7.95. The van der Waals surface area contributed by atoms with Gasteiger partial charge in [0.25, 0.3) is 5.91 Å².